The molecule has 0 spiro atoms. The van der Waals surface area contributed by atoms with Crippen LogP contribution in [0.4, 0.5) is 5.69 Å². The number of halogens is 1. The van der Waals surface area contributed by atoms with Gasteiger partial charge in [0.1, 0.15) is 0 Å². The topological polar surface area (TPSA) is 79.8 Å². The van der Waals surface area contributed by atoms with Gasteiger partial charge in [-0.15, -0.1) is 0 Å². The molecule has 0 bridgehead atoms. The highest BCUT2D eigenvalue weighted by Crippen LogP contribution is 2.36. The Hall–Kier alpha value is -2.28. The molecule has 3 N–H and O–H groups in total. The molecular weight excluding hydrogens is 380 g/mol. The third-order valence-corrected chi connectivity index (χ3v) is 4.56. The van der Waals surface area contributed by atoms with E-state index in [1.54, 1.807) is 12.1 Å². The number of hydrogen-bond acceptors (Lipinski definition) is 5. The van der Waals surface area contributed by atoms with Gasteiger partial charge in [-0.2, -0.15) is 0 Å². The van der Waals surface area contributed by atoms with Crippen LogP contribution in [0.5, 0.6) is 11.5 Å². The zero-order chi connectivity index (χ0) is 20.5. The maximum atomic E-state index is 12.1. The van der Waals surface area contributed by atoms with E-state index in [-0.39, 0.29) is 25.2 Å². The maximum absolute atomic E-state index is 12.1. The highest BCUT2D eigenvalue weighted by Gasteiger charge is 2.15. The van der Waals surface area contributed by atoms with Crippen LogP contribution in [0.2, 0.25) is 5.02 Å². The number of hydrogen-bond donors (Lipinski definition) is 3. The molecule has 0 aromatic heterocycles. The summed E-state index contributed by atoms with van der Waals surface area (Å²) < 4.78 is 11.0. The van der Waals surface area contributed by atoms with Crippen molar-refractivity contribution in [2.24, 2.45) is 0 Å². The number of amides is 1. The van der Waals surface area contributed by atoms with Crippen molar-refractivity contribution in [3.8, 4) is 11.5 Å². The highest BCUT2D eigenvalue weighted by atomic mass is 35.5. The van der Waals surface area contributed by atoms with Crippen LogP contribution in [0, 0.1) is 6.92 Å². The molecule has 0 fully saturated rings. The number of anilines is 1. The lowest BCUT2D eigenvalue weighted by molar-refractivity contribution is -0.118. The number of methoxy groups -OCH3 is 1. The lowest BCUT2D eigenvalue weighted by Crippen LogP contribution is -2.31. The average molecular weight is 407 g/mol. The molecule has 2 rings (SSSR count). The van der Waals surface area contributed by atoms with Crippen LogP contribution in [0.25, 0.3) is 0 Å². The summed E-state index contributed by atoms with van der Waals surface area (Å²) in [5, 5.41) is 15.6. The summed E-state index contributed by atoms with van der Waals surface area (Å²) >= 11 is 6.34. The fraction of sp³-hybridized carbons (Fsp3) is 0.381. The molecule has 0 saturated carbocycles. The summed E-state index contributed by atoms with van der Waals surface area (Å²) in [5.41, 5.74) is 2.71. The fourth-order valence-corrected chi connectivity index (χ4v) is 2.88. The largest absolute Gasteiger partial charge is 0.493 e. The number of benzene rings is 2. The zero-order valence-corrected chi connectivity index (χ0v) is 17.2. The molecule has 0 unspecified atom stereocenters. The van der Waals surface area contributed by atoms with E-state index in [1.165, 1.54) is 7.11 Å². The Kier molecular flexibility index (Phi) is 8.57. The van der Waals surface area contributed by atoms with Gasteiger partial charge in [0, 0.05) is 18.3 Å². The predicted octanol–water partition coefficient (Wildman–Crippen LogP) is 3.54. The standard InChI is InChI=1S/C21H27ClN2O4/c1-4-16(12-25)23-11-15-9-18(22)21(19(10-15)27-3)28-13-20(26)24-17-7-5-14(2)6-8-17/h5-10,16,23,25H,4,11-13H2,1-3H3,(H,24,26)/t16-/m1/s1. The van der Waals surface area contributed by atoms with E-state index in [0.29, 0.717) is 28.8 Å². The smallest absolute Gasteiger partial charge is 0.262 e. The van der Waals surface area contributed by atoms with E-state index in [0.717, 1.165) is 17.5 Å². The van der Waals surface area contributed by atoms with Crippen LogP contribution >= 0.6 is 11.6 Å². The van der Waals surface area contributed by atoms with Crippen LogP contribution in [-0.2, 0) is 11.3 Å². The maximum Gasteiger partial charge on any atom is 0.262 e. The molecule has 0 saturated heterocycles. The first kappa shape index (κ1) is 22.0. The van der Waals surface area contributed by atoms with Crippen molar-refractivity contribution in [2.75, 3.05) is 25.6 Å². The second-order valence-electron chi connectivity index (χ2n) is 6.48. The molecule has 28 heavy (non-hydrogen) atoms. The summed E-state index contributed by atoms with van der Waals surface area (Å²) in [6, 6.07) is 11.1. The van der Waals surface area contributed by atoms with E-state index in [9.17, 15) is 9.90 Å². The molecule has 0 aliphatic heterocycles. The van der Waals surface area contributed by atoms with E-state index < -0.39 is 0 Å². The van der Waals surface area contributed by atoms with Crippen LogP contribution < -0.4 is 20.1 Å². The molecule has 1 atom stereocenters. The minimum absolute atomic E-state index is 0.0196. The fourth-order valence-electron chi connectivity index (χ4n) is 2.59. The number of carbonyl (C=O) groups is 1. The molecule has 0 aliphatic carbocycles. The second kappa shape index (κ2) is 10.9. The molecule has 2 aromatic rings. The molecule has 0 heterocycles. The molecule has 0 radical (unpaired) electrons. The highest BCUT2D eigenvalue weighted by molar-refractivity contribution is 6.32. The van der Waals surface area contributed by atoms with Crippen LogP contribution in [-0.4, -0.2) is 37.4 Å². The molecule has 2 aromatic carbocycles. The Bertz CT molecular complexity index is 777. The Balaban J connectivity index is 2.00. The van der Waals surface area contributed by atoms with Crippen molar-refractivity contribution in [1.29, 1.82) is 0 Å². The average Bonchev–Trinajstić information content (AvgIpc) is 2.69. The lowest BCUT2D eigenvalue weighted by Gasteiger charge is -2.17. The van der Waals surface area contributed by atoms with Gasteiger partial charge in [0.25, 0.3) is 5.91 Å². The first-order valence-electron chi connectivity index (χ1n) is 9.16. The van der Waals surface area contributed by atoms with E-state index in [4.69, 9.17) is 21.1 Å². The number of aliphatic hydroxyl groups excluding tert-OH is 1. The lowest BCUT2D eigenvalue weighted by atomic mass is 10.1. The van der Waals surface area contributed by atoms with Crippen molar-refractivity contribution in [3.05, 3.63) is 52.5 Å². The number of carbonyl (C=O) groups excluding carboxylic acids is 1. The van der Waals surface area contributed by atoms with Gasteiger partial charge in [-0.25, -0.2) is 0 Å². The van der Waals surface area contributed by atoms with Gasteiger partial charge < -0.3 is 25.2 Å². The first-order valence-corrected chi connectivity index (χ1v) is 9.54. The van der Waals surface area contributed by atoms with Gasteiger partial charge in [0.2, 0.25) is 0 Å². The Morgan fingerprint density at radius 1 is 1.25 bits per heavy atom. The summed E-state index contributed by atoms with van der Waals surface area (Å²) in [6.07, 6.45) is 0.818. The van der Waals surface area contributed by atoms with E-state index >= 15 is 0 Å². The first-order chi connectivity index (χ1) is 13.5. The van der Waals surface area contributed by atoms with Gasteiger partial charge in [0.15, 0.2) is 18.1 Å². The van der Waals surface area contributed by atoms with E-state index in [2.05, 4.69) is 10.6 Å². The molecular formula is C21H27ClN2O4. The summed E-state index contributed by atoms with van der Waals surface area (Å²) in [6.45, 7) is 4.39. The third kappa shape index (κ3) is 6.41. The van der Waals surface area contributed by atoms with Crippen molar-refractivity contribution in [2.45, 2.75) is 32.9 Å². The zero-order valence-electron chi connectivity index (χ0n) is 16.4. The SMILES string of the molecule is CC[C@H](CO)NCc1cc(Cl)c(OCC(=O)Nc2ccc(C)cc2)c(OC)c1. The second-order valence-corrected chi connectivity index (χ2v) is 6.89. The van der Waals surface area contributed by atoms with Crippen molar-refractivity contribution in [3.63, 3.8) is 0 Å². The Morgan fingerprint density at radius 2 is 1.96 bits per heavy atom. The number of rotatable bonds is 10. The van der Waals surface area contributed by atoms with Gasteiger partial charge in [-0.05, 0) is 43.2 Å². The van der Waals surface area contributed by atoms with Crippen LogP contribution in [0.3, 0.4) is 0 Å². The Morgan fingerprint density at radius 3 is 2.57 bits per heavy atom. The van der Waals surface area contributed by atoms with Crippen LogP contribution in [0.1, 0.15) is 24.5 Å². The monoisotopic (exact) mass is 406 g/mol. The van der Waals surface area contributed by atoms with Gasteiger partial charge in [0.05, 0.1) is 18.7 Å². The quantitative estimate of drug-likeness (QED) is 0.562. The van der Waals surface area contributed by atoms with Crippen molar-refractivity contribution < 1.29 is 19.4 Å². The van der Waals surface area contributed by atoms with Crippen LogP contribution in [0.15, 0.2) is 36.4 Å². The number of ether oxygens (including phenoxy) is 2. The summed E-state index contributed by atoms with van der Waals surface area (Å²) in [5.74, 6) is 0.479. The normalized spacial score (nSPS) is 11.8. The molecule has 152 valence electrons. The summed E-state index contributed by atoms with van der Waals surface area (Å²) in [7, 11) is 1.52. The predicted molar refractivity (Wildman–Crippen MR) is 111 cm³/mol. The number of aliphatic hydroxyl groups is 1. The van der Waals surface area contributed by atoms with Crippen molar-refractivity contribution >= 4 is 23.2 Å². The Labute approximate surface area is 170 Å². The number of nitrogens with one attached hydrogen (secondary N) is 2. The van der Waals surface area contributed by atoms with Gasteiger partial charge >= 0.3 is 0 Å². The summed E-state index contributed by atoms with van der Waals surface area (Å²) in [4.78, 5) is 12.1. The molecule has 7 heteroatoms. The minimum atomic E-state index is -0.290. The minimum Gasteiger partial charge on any atom is -0.493 e. The third-order valence-electron chi connectivity index (χ3n) is 4.28. The van der Waals surface area contributed by atoms with Crippen molar-refractivity contribution in [1.82, 2.24) is 5.32 Å². The number of aryl methyl sites for hydroxylation is 1. The van der Waals surface area contributed by atoms with Gasteiger partial charge in [-0.1, -0.05) is 36.2 Å². The molecule has 6 nitrogen and oxygen atoms in total. The van der Waals surface area contributed by atoms with E-state index in [1.807, 2.05) is 38.1 Å². The molecule has 0 aliphatic rings. The van der Waals surface area contributed by atoms with Gasteiger partial charge in [-0.3, -0.25) is 4.79 Å². The molecule has 1 amide bonds.